The van der Waals surface area contributed by atoms with Crippen LogP contribution < -0.4 is 21.3 Å². The Labute approximate surface area is 173 Å². The second-order valence-electron chi connectivity index (χ2n) is 7.59. The van der Waals surface area contributed by atoms with Crippen LogP contribution in [-0.4, -0.2) is 30.0 Å². The van der Waals surface area contributed by atoms with E-state index in [9.17, 15) is 4.79 Å². The molecule has 29 heavy (non-hydrogen) atoms. The fraction of sp³-hybridized carbons (Fsp3) is 0.273. The van der Waals surface area contributed by atoms with Gasteiger partial charge in [0.1, 0.15) is 9.71 Å². The van der Waals surface area contributed by atoms with E-state index < -0.39 is 0 Å². The average Bonchev–Trinajstić information content (AvgIpc) is 3.05. The van der Waals surface area contributed by atoms with Crippen LogP contribution in [0, 0.1) is 6.92 Å². The van der Waals surface area contributed by atoms with Crippen molar-refractivity contribution in [2.75, 3.05) is 23.7 Å². The molecular weight excluding hydrogens is 382 g/mol. The number of hydrogen-bond acceptors (Lipinski definition) is 6. The van der Waals surface area contributed by atoms with Gasteiger partial charge in [-0.05, 0) is 43.2 Å². The molecule has 0 radical (unpaired) electrons. The summed E-state index contributed by atoms with van der Waals surface area (Å²) in [6.07, 6.45) is 4.05. The zero-order chi connectivity index (χ0) is 20.0. The van der Waals surface area contributed by atoms with E-state index in [2.05, 4.69) is 51.0 Å². The number of anilines is 2. The van der Waals surface area contributed by atoms with E-state index in [0.29, 0.717) is 23.2 Å². The maximum Gasteiger partial charge on any atom is 0.263 e. The molecule has 1 aromatic carbocycles. The van der Waals surface area contributed by atoms with Crippen LogP contribution in [0.5, 0.6) is 0 Å². The fourth-order valence-electron chi connectivity index (χ4n) is 4.02. The molecule has 0 spiro atoms. The molecule has 2 aliphatic rings. The molecular formula is C22H23N5OS. The van der Waals surface area contributed by atoms with Gasteiger partial charge in [0.05, 0.1) is 11.7 Å². The van der Waals surface area contributed by atoms with Crippen molar-refractivity contribution in [3.63, 3.8) is 0 Å². The number of nitrogens with two attached hydrogens (primary N) is 1. The fourth-order valence-corrected chi connectivity index (χ4v) is 5.07. The summed E-state index contributed by atoms with van der Waals surface area (Å²) in [4.78, 5) is 20.8. The first kappa shape index (κ1) is 18.0. The largest absolute Gasteiger partial charge is 0.397 e. The number of benzene rings is 1. The Bertz CT molecular complexity index is 1120. The lowest BCUT2D eigenvalue weighted by Gasteiger charge is -2.48. The number of fused-ring (bicyclic) bond motifs is 3. The minimum absolute atomic E-state index is 0.132. The molecule has 4 N–H and O–H groups in total. The molecule has 1 unspecified atom stereocenters. The van der Waals surface area contributed by atoms with E-state index in [1.807, 2.05) is 19.1 Å². The summed E-state index contributed by atoms with van der Waals surface area (Å²) < 4.78 is 0. The number of amides is 1. The van der Waals surface area contributed by atoms with Crippen LogP contribution in [0.15, 0.2) is 48.3 Å². The van der Waals surface area contributed by atoms with Gasteiger partial charge in [-0.2, -0.15) is 0 Å². The first-order valence-corrected chi connectivity index (χ1v) is 10.7. The van der Waals surface area contributed by atoms with Gasteiger partial charge in [0.25, 0.3) is 5.91 Å². The monoisotopic (exact) mass is 405 g/mol. The van der Waals surface area contributed by atoms with E-state index in [0.717, 1.165) is 35.3 Å². The molecule has 0 saturated carbocycles. The molecule has 2 bridgehead atoms. The molecule has 1 fully saturated rings. The molecule has 6 nitrogen and oxygen atoms in total. The number of nitrogen functional groups attached to an aromatic ring is 1. The standard InChI is InChI=1S/C22H23N5OS/c1-13-2-7-18-19(23)20(29-22(18)26-13)21(28)25-9-8-14-3-5-15(6-4-14)27-16-10-17(27)12-24-11-16/h2-7,11,17,24H,8-10,12,23H2,1H3,(H,25,28). The predicted molar refractivity (Wildman–Crippen MR) is 118 cm³/mol. The second-order valence-corrected chi connectivity index (χ2v) is 8.59. The summed E-state index contributed by atoms with van der Waals surface area (Å²) in [5.74, 6) is -0.132. The van der Waals surface area contributed by atoms with E-state index in [1.54, 1.807) is 0 Å². The normalized spacial score (nSPS) is 17.5. The van der Waals surface area contributed by atoms with E-state index in [4.69, 9.17) is 5.73 Å². The van der Waals surface area contributed by atoms with Crippen LogP contribution >= 0.6 is 11.3 Å². The average molecular weight is 406 g/mol. The number of carbonyl (C=O) groups is 1. The van der Waals surface area contributed by atoms with E-state index in [1.165, 1.54) is 28.3 Å². The highest BCUT2D eigenvalue weighted by Gasteiger charge is 2.35. The quantitative estimate of drug-likeness (QED) is 0.607. The van der Waals surface area contributed by atoms with Gasteiger partial charge in [-0.3, -0.25) is 4.79 Å². The Balaban J connectivity index is 1.20. The van der Waals surface area contributed by atoms with Crippen LogP contribution in [-0.2, 0) is 6.42 Å². The third-order valence-corrected chi connectivity index (χ3v) is 6.71. The Morgan fingerprint density at radius 2 is 2.14 bits per heavy atom. The van der Waals surface area contributed by atoms with Gasteiger partial charge in [-0.15, -0.1) is 11.3 Å². The summed E-state index contributed by atoms with van der Waals surface area (Å²) in [7, 11) is 0. The Hall–Kier alpha value is -3.06. The molecule has 1 saturated heterocycles. The van der Waals surface area contributed by atoms with Gasteiger partial charge in [0, 0.05) is 48.2 Å². The summed E-state index contributed by atoms with van der Waals surface area (Å²) >= 11 is 1.35. The maximum absolute atomic E-state index is 12.6. The molecule has 148 valence electrons. The van der Waals surface area contributed by atoms with Gasteiger partial charge >= 0.3 is 0 Å². The Kier molecular flexibility index (Phi) is 4.39. The van der Waals surface area contributed by atoms with Crippen LogP contribution in [0.2, 0.25) is 0 Å². The molecule has 4 heterocycles. The number of carbonyl (C=O) groups excluding carboxylic acids is 1. The highest BCUT2D eigenvalue weighted by atomic mass is 32.1. The first-order chi connectivity index (χ1) is 14.1. The molecule has 3 aromatic rings. The highest BCUT2D eigenvalue weighted by Crippen LogP contribution is 2.37. The molecule has 1 atom stereocenters. The SMILES string of the molecule is Cc1ccc2c(N)c(C(=O)NCCc3ccc(N4C5=CNCC4C5)cc3)sc2n1. The minimum Gasteiger partial charge on any atom is -0.397 e. The molecule has 2 aliphatic heterocycles. The van der Waals surface area contributed by atoms with Crippen LogP contribution in [0.4, 0.5) is 11.4 Å². The van der Waals surface area contributed by atoms with Crippen molar-refractivity contribution in [2.45, 2.75) is 25.8 Å². The van der Waals surface area contributed by atoms with Crippen molar-refractivity contribution in [3.8, 4) is 0 Å². The summed E-state index contributed by atoms with van der Waals surface area (Å²) in [6, 6.07) is 13.0. The molecule has 5 rings (SSSR count). The van der Waals surface area contributed by atoms with Gasteiger partial charge < -0.3 is 21.3 Å². The van der Waals surface area contributed by atoms with Crippen LogP contribution in [0.25, 0.3) is 10.2 Å². The van der Waals surface area contributed by atoms with Crippen molar-refractivity contribution in [1.82, 2.24) is 15.6 Å². The van der Waals surface area contributed by atoms with Crippen molar-refractivity contribution < 1.29 is 4.79 Å². The third-order valence-electron chi connectivity index (χ3n) is 5.59. The molecule has 1 amide bonds. The number of hydrogen-bond donors (Lipinski definition) is 3. The van der Waals surface area contributed by atoms with Gasteiger partial charge in [0.15, 0.2) is 0 Å². The van der Waals surface area contributed by atoms with Gasteiger partial charge in [0.2, 0.25) is 0 Å². The number of thiophene rings is 1. The zero-order valence-corrected chi connectivity index (χ0v) is 17.1. The number of aryl methyl sites for hydroxylation is 1. The van der Waals surface area contributed by atoms with Crippen molar-refractivity contribution in [3.05, 3.63) is 64.4 Å². The smallest absolute Gasteiger partial charge is 0.263 e. The van der Waals surface area contributed by atoms with Gasteiger partial charge in [-0.25, -0.2) is 4.98 Å². The number of nitrogens with one attached hydrogen (secondary N) is 2. The lowest BCUT2D eigenvalue weighted by atomic mass is 9.94. The van der Waals surface area contributed by atoms with E-state index in [-0.39, 0.29) is 5.91 Å². The summed E-state index contributed by atoms with van der Waals surface area (Å²) in [5, 5.41) is 7.15. The topological polar surface area (TPSA) is 83.3 Å². The number of pyridine rings is 1. The van der Waals surface area contributed by atoms with Crippen LogP contribution in [0.3, 0.4) is 0 Å². The van der Waals surface area contributed by atoms with Crippen molar-refractivity contribution in [2.24, 2.45) is 0 Å². The zero-order valence-electron chi connectivity index (χ0n) is 16.2. The van der Waals surface area contributed by atoms with Crippen LogP contribution in [0.1, 0.15) is 27.3 Å². The summed E-state index contributed by atoms with van der Waals surface area (Å²) in [5.41, 5.74) is 11.4. The minimum atomic E-state index is -0.132. The Morgan fingerprint density at radius 3 is 2.86 bits per heavy atom. The maximum atomic E-state index is 12.6. The third kappa shape index (κ3) is 3.21. The molecule has 7 heteroatoms. The molecule has 0 aliphatic carbocycles. The highest BCUT2D eigenvalue weighted by molar-refractivity contribution is 7.21. The van der Waals surface area contributed by atoms with Crippen molar-refractivity contribution >= 4 is 38.8 Å². The van der Waals surface area contributed by atoms with Gasteiger partial charge in [-0.1, -0.05) is 12.1 Å². The predicted octanol–water partition coefficient (Wildman–Crippen LogP) is 3.18. The lowest BCUT2D eigenvalue weighted by Crippen LogP contribution is -2.54. The van der Waals surface area contributed by atoms with Crippen molar-refractivity contribution in [1.29, 1.82) is 0 Å². The number of nitrogens with zero attached hydrogens (tertiary/aromatic N) is 2. The first-order valence-electron chi connectivity index (χ1n) is 9.84. The van der Waals surface area contributed by atoms with E-state index >= 15 is 0 Å². The molecule has 2 aromatic heterocycles. The Morgan fingerprint density at radius 1 is 1.31 bits per heavy atom. The summed E-state index contributed by atoms with van der Waals surface area (Å²) in [6.45, 7) is 3.51. The number of aromatic nitrogens is 1. The second kappa shape index (κ2) is 7.08. The number of rotatable bonds is 5. The lowest BCUT2D eigenvalue weighted by molar-refractivity contribution is 0.0959.